The van der Waals surface area contributed by atoms with Gasteiger partial charge in [-0.25, -0.2) is 13.6 Å². The molecule has 33 heavy (non-hydrogen) atoms. The molecule has 0 aliphatic rings. The van der Waals surface area contributed by atoms with E-state index in [0.29, 0.717) is 29.5 Å². The molecule has 0 heterocycles. The summed E-state index contributed by atoms with van der Waals surface area (Å²) in [6, 6.07) is 17.9. The second-order valence-electron chi connectivity index (χ2n) is 7.06. The monoisotopic (exact) mass is 452 g/mol. The number of amides is 4. The molecular weight excluding hydrogens is 430 g/mol. The Morgan fingerprint density at radius 1 is 0.727 bits per heavy atom. The summed E-state index contributed by atoms with van der Waals surface area (Å²) in [6.45, 7) is 0.143. The first-order chi connectivity index (χ1) is 15.9. The standard InChI is InChI=1S/C24H22F2N4O3/c25-16-11-12-20(21(26)14-16)23(32)27-13-5-10-22(31)28-18-8-4-9-19(15-18)30-24(33)29-17-6-2-1-3-7-17/h1-4,6-9,11-12,14-15H,5,10,13H2,(H,27,32)(H,28,31)(H2,29,30,33). The molecule has 0 atom stereocenters. The minimum atomic E-state index is -0.948. The van der Waals surface area contributed by atoms with Gasteiger partial charge in [-0.2, -0.15) is 0 Å². The molecule has 0 aliphatic heterocycles. The number of nitrogens with one attached hydrogen (secondary N) is 4. The van der Waals surface area contributed by atoms with Crippen LogP contribution in [0.2, 0.25) is 0 Å². The van der Waals surface area contributed by atoms with Crippen LogP contribution in [-0.4, -0.2) is 24.4 Å². The zero-order valence-electron chi connectivity index (χ0n) is 17.5. The minimum Gasteiger partial charge on any atom is -0.352 e. The Balaban J connectivity index is 1.42. The largest absolute Gasteiger partial charge is 0.352 e. The molecule has 170 valence electrons. The van der Waals surface area contributed by atoms with Gasteiger partial charge in [0.1, 0.15) is 11.6 Å². The second-order valence-corrected chi connectivity index (χ2v) is 7.06. The summed E-state index contributed by atoms with van der Waals surface area (Å²) in [5, 5.41) is 10.6. The van der Waals surface area contributed by atoms with Crippen LogP contribution in [0.1, 0.15) is 23.2 Å². The maximum absolute atomic E-state index is 13.6. The van der Waals surface area contributed by atoms with Crippen molar-refractivity contribution in [2.45, 2.75) is 12.8 Å². The fourth-order valence-electron chi connectivity index (χ4n) is 2.93. The van der Waals surface area contributed by atoms with Gasteiger partial charge in [0.15, 0.2) is 0 Å². The van der Waals surface area contributed by atoms with Crippen molar-refractivity contribution in [3.8, 4) is 0 Å². The number of para-hydroxylation sites is 1. The van der Waals surface area contributed by atoms with E-state index in [2.05, 4.69) is 21.3 Å². The zero-order valence-corrected chi connectivity index (χ0v) is 17.5. The number of hydrogen-bond donors (Lipinski definition) is 4. The van der Waals surface area contributed by atoms with Crippen LogP contribution in [0, 0.1) is 11.6 Å². The average molecular weight is 452 g/mol. The van der Waals surface area contributed by atoms with Gasteiger partial charge in [-0.3, -0.25) is 9.59 Å². The van der Waals surface area contributed by atoms with Gasteiger partial charge in [-0.05, 0) is 48.9 Å². The Bertz CT molecular complexity index is 1140. The van der Waals surface area contributed by atoms with Crippen molar-refractivity contribution in [2.24, 2.45) is 0 Å². The van der Waals surface area contributed by atoms with Crippen molar-refractivity contribution >= 4 is 34.9 Å². The Morgan fingerprint density at radius 3 is 2.12 bits per heavy atom. The van der Waals surface area contributed by atoms with Crippen LogP contribution in [0.15, 0.2) is 72.8 Å². The number of halogens is 2. The normalized spacial score (nSPS) is 10.2. The smallest absolute Gasteiger partial charge is 0.323 e. The van der Waals surface area contributed by atoms with Gasteiger partial charge < -0.3 is 21.3 Å². The molecule has 0 saturated carbocycles. The first-order valence-corrected chi connectivity index (χ1v) is 10.2. The third-order valence-corrected chi connectivity index (χ3v) is 4.48. The molecule has 0 saturated heterocycles. The molecule has 3 aromatic rings. The quantitative estimate of drug-likeness (QED) is 0.371. The first kappa shape index (κ1) is 23.4. The summed E-state index contributed by atoms with van der Waals surface area (Å²) in [7, 11) is 0. The fraction of sp³-hybridized carbons (Fsp3) is 0.125. The predicted molar refractivity (Wildman–Crippen MR) is 122 cm³/mol. The lowest BCUT2D eigenvalue weighted by molar-refractivity contribution is -0.116. The lowest BCUT2D eigenvalue weighted by Crippen LogP contribution is -2.26. The van der Waals surface area contributed by atoms with Gasteiger partial charge in [-0.15, -0.1) is 0 Å². The van der Waals surface area contributed by atoms with Crippen LogP contribution in [0.25, 0.3) is 0 Å². The number of benzene rings is 3. The summed E-state index contributed by atoms with van der Waals surface area (Å²) < 4.78 is 26.5. The molecule has 0 unspecified atom stereocenters. The molecule has 0 fully saturated rings. The summed E-state index contributed by atoms with van der Waals surface area (Å²) in [5.74, 6) is -2.68. The summed E-state index contributed by atoms with van der Waals surface area (Å²) in [6.07, 6.45) is 0.427. The number of anilines is 3. The molecule has 9 heteroatoms. The number of carbonyl (C=O) groups is 3. The highest BCUT2D eigenvalue weighted by atomic mass is 19.1. The van der Waals surface area contributed by atoms with Crippen molar-refractivity contribution in [3.63, 3.8) is 0 Å². The summed E-state index contributed by atoms with van der Waals surface area (Å²) >= 11 is 0. The molecule has 0 bridgehead atoms. The van der Waals surface area contributed by atoms with Crippen molar-refractivity contribution in [2.75, 3.05) is 22.5 Å². The number of urea groups is 1. The lowest BCUT2D eigenvalue weighted by Gasteiger charge is -2.10. The van der Waals surface area contributed by atoms with E-state index in [-0.39, 0.29) is 24.4 Å². The van der Waals surface area contributed by atoms with Gasteiger partial charge in [0.2, 0.25) is 5.91 Å². The zero-order chi connectivity index (χ0) is 23.6. The van der Waals surface area contributed by atoms with E-state index in [1.54, 1.807) is 48.5 Å². The fourth-order valence-corrected chi connectivity index (χ4v) is 2.93. The van der Waals surface area contributed by atoms with Crippen LogP contribution in [-0.2, 0) is 4.79 Å². The van der Waals surface area contributed by atoms with E-state index in [9.17, 15) is 23.2 Å². The minimum absolute atomic E-state index is 0.109. The first-order valence-electron chi connectivity index (χ1n) is 10.2. The van der Waals surface area contributed by atoms with Crippen molar-refractivity contribution in [1.29, 1.82) is 0 Å². The molecule has 0 aliphatic carbocycles. The third-order valence-electron chi connectivity index (χ3n) is 4.48. The molecular formula is C24H22F2N4O3. The van der Waals surface area contributed by atoms with E-state index < -0.39 is 23.6 Å². The Kier molecular flexibility index (Phi) is 8.07. The maximum Gasteiger partial charge on any atom is 0.323 e. The molecule has 0 aromatic heterocycles. The lowest BCUT2D eigenvalue weighted by atomic mass is 10.2. The molecule has 7 nitrogen and oxygen atoms in total. The predicted octanol–water partition coefficient (Wildman–Crippen LogP) is 4.76. The Labute approximate surface area is 189 Å². The highest BCUT2D eigenvalue weighted by Crippen LogP contribution is 2.16. The number of hydrogen-bond acceptors (Lipinski definition) is 3. The number of rotatable bonds is 8. The molecule has 4 N–H and O–H groups in total. The highest BCUT2D eigenvalue weighted by molar-refractivity contribution is 6.00. The molecule has 4 amide bonds. The molecule has 0 spiro atoms. The SMILES string of the molecule is O=C(CCCNC(=O)c1ccc(F)cc1F)Nc1cccc(NC(=O)Nc2ccccc2)c1. The van der Waals surface area contributed by atoms with Gasteiger partial charge in [0, 0.05) is 36.1 Å². The van der Waals surface area contributed by atoms with E-state index in [0.717, 1.165) is 12.1 Å². The van der Waals surface area contributed by atoms with Gasteiger partial charge >= 0.3 is 6.03 Å². The topological polar surface area (TPSA) is 99.3 Å². The van der Waals surface area contributed by atoms with Crippen molar-refractivity contribution in [3.05, 3.63) is 90.0 Å². The maximum atomic E-state index is 13.6. The van der Waals surface area contributed by atoms with Gasteiger partial charge in [0.05, 0.1) is 5.56 Å². The van der Waals surface area contributed by atoms with E-state index in [4.69, 9.17) is 0 Å². The van der Waals surface area contributed by atoms with Crippen LogP contribution >= 0.6 is 0 Å². The Hall–Kier alpha value is -4.27. The number of carbonyl (C=O) groups excluding carboxylic acids is 3. The third kappa shape index (κ3) is 7.42. The summed E-state index contributed by atoms with van der Waals surface area (Å²) in [4.78, 5) is 36.2. The average Bonchev–Trinajstić information content (AvgIpc) is 2.77. The second kappa shape index (κ2) is 11.4. The van der Waals surface area contributed by atoms with Crippen LogP contribution < -0.4 is 21.3 Å². The van der Waals surface area contributed by atoms with Crippen molar-refractivity contribution in [1.82, 2.24) is 5.32 Å². The molecule has 3 rings (SSSR count). The van der Waals surface area contributed by atoms with Crippen LogP contribution in [0.5, 0.6) is 0 Å². The molecule has 0 radical (unpaired) electrons. The van der Waals surface area contributed by atoms with E-state index >= 15 is 0 Å². The Morgan fingerprint density at radius 2 is 1.39 bits per heavy atom. The van der Waals surface area contributed by atoms with Crippen LogP contribution in [0.4, 0.5) is 30.6 Å². The van der Waals surface area contributed by atoms with E-state index in [1.165, 1.54) is 0 Å². The summed E-state index contributed by atoms with van der Waals surface area (Å²) in [5.41, 5.74) is 1.37. The van der Waals surface area contributed by atoms with Gasteiger partial charge in [0.25, 0.3) is 5.91 Å². The van der Waals surface area contributed by atoms with Crippen LogP contribution in [0.3, 0.4) is 0 Å². The van der Waals surface area contributed by atoms with E-state index in [1.807, 2.05) is 6.07 Å². The van der Waals surface area contributed by atoms with Gasteiger partial charge in [-0.1, -0.05) is 24.3 Å². The van der Waals surface area contributed by atoms with Crippen molar-refractivity contribution < 1.29 is 23.2 Å². The molecule has 3 aromatic carbocycles. The highest BCUT2D eigenvalue weighted by Gasteiger charge is 2.12.